The quantitative estimate of drug-likeness (QED) is 0.583. The molecule has 0 spiro atoms. The van der Waals surface area contributed by atoms with Gasteiger partial charge in [-0.05, 0) is 17.8 Å². The molecule has 0 aromatic rings. The molecule has 0 aliphatic rings. The second kappa shape index (κ2) is 9.37. The number of carbonyl (C=O) groups excluding carboxylic acids is 2. The molecular weight excluding hydrogens is 268 g/mol. The van der Waals surface area contributed by atoms with E-state index in [2.05, 4.69) is 13.2 Å². The number of hydrogen-bond acceptors (Lipinski definition) is 4. The Labute approximate surface area is 129 Å². The lowest BCUT2D eigenvalue weighted by Gasteiger charge is -2.17. The van der Waals surface area contributed by atoms with Crippen LogP contribution in [-0.2, 0) is 19.1 Å². The van der Waals surface area contributed by atoms with Gasteiger partial charge >= 0.3 is 11.9 Å². The maximum absolute atomic E-state index is 10.9. The first-order valence-electron chi connectivity index (χ1n) is 6.90. The summed E-state index contributed by atoms with van der Waals surface area (Å²) in [6.45, 7) is 21.3. The Bertz CT molecular complexity index is 367. The van der Waals surface area contributed by atoms with Crippen LogP contribution in [-0.4, -0.2) is 25.2 Å². The highest BCUT2D eigenvalue weighted by atomic mass is 16.5. The molecule has 0 bridgehead atoms. The first-order valence-corrected chi connectivity index (χ1v) is 6.90. The SMILES string of the molecule is C=C(C)C(=O)OCC(C)(C)C.C=CC(=O)OCC(C)(C)C. The summed E-state index contributed by atoms with van der Waals surface area (Å²) >= 11 is 0. The normalized spacial score (nSPS) is 10.8. The van der Waals surface area contributed by atoms with Crippen LogP contribution in [0, 0.1) is 10.8 Å². The minimum absolute atomic E-state index is 0.0328. The van der Waals surface area contributed by atoms with E-state index in [0.29, 0.717) is 18.8 Å². The van der Waals surface area contributed by atoms with E-state index in [9.17, 15) is 9.59 Å². The lowest BCUT2D eigenvalue weighted by atomic mass is 9.99. The second-order valence-corrected chi connectivity index (χ2v) is 7.29. The molecule has 0 heterocycles. The van der Waals surface area contributed by atoms with Gasteiger partial charge in [0.15, 0.2) is 0 Å². The maximum atomic E-state index is 10.9. The van der Waals surface area contributed by atoms with Crippen molar-refractivity contribution in [1.29, 1.82) is 0 Å². The Kier molecular flexibility index (Phi) is 9.69. The first kappa shape index (κ1) is 21.7. The molecule has 0 radical (unpaired) electrons. The Morgan fingerprint density at radius 3 is 1.62 bits per heavy atom. The van der Waals surface area contributed by atoms with Gasteiger partial charge in [-0.3, -0.25) is 0 Å². The van der Waals surface area contributed by atoms with Crippen LogP contribution in [0.3, 0.4) is 0 Å². The first-order chi connectivity index (χ1) is 9.28. The molecule has 0 aromatic heterocycles. The van der Waals surface area contributed by atoms with Crippen LogP contribution in [0.15, 0.2) is 24.8 Å². The Balaban J connectivity index is 0. The van der Waals surface area contributed by atoms with Crippen LogP contribution in [0.5, 0.6) is 0 Å². The van der Waals surface area contributed by atoms with Gasteiger partial charge < -0.3 is 9.47 Å². The molecule has 0 saturated heterocycles. The maximum Gasteiger partial charge on any atom is 0.333 e. The van der Waals surface area contributed by atoms with E-state index < -0.39 is 0 Å². The Morgan fingerprint density at radius 1 is 0.952 bits per heavy atom. The van der Waals surface area contributed by atoms with Gasteiger partial charge in [-0.2, -0.15) is 0 Å². The molecule has 0 atom stereocenters. The standard InChI is InChI=1S/C9H16O2.C8H14O2/c1-7(2)8(10)11-6-9(3,4)5;1-5-7(9)10-6-8(2,3)4/h1,6H2,2-5H3;5H,1,6H2,2-4H3. The molecule has 0 N–H and O–H groups in total. The van der Waals surface area contributed by atoms with Gasteiger partial charge in [0.25, 0.3) is 0 Å². The van der Waals surface area contributed by atoms with Crippen molar-refractivity contribution in [1.82, 2.24) is 0 Å². The summed E-state index contributed by atoms with van der Waals surface area (Å²) in [6, 6.07) is 0. The van der Waals surface area contributed by atoms with Crippen LogP contribution < -0.4 is 0 Å². The topological polar surface area (TPSA) is 52.6 Å². The minimum Gasteiger partial charge on any atom is -0.462 e. The number of ether oxygens (including phenoxy) is 2. The summed E-state index contributed by atoms with van der Waals surface area (Å²) in [4.78, 5) is 21.4. The van der Waals surface area contributed by atoms with Gasteiger partial charge in [0.05, 0.1) is 13.2 Å². The largest absolute Gasteiger partial charge is 0.462 e. The predicted octanol–water partition coefficient (Wildman–Crippen LogP) is 3.91. The van der Waals surface area contributed by atoms with Crippen molar-refractivity contribution in [3.63, 3.8) is 0 Å². The van der Waals surface area contributed by atoms with Crippen molar-refractivity contribution in [3.05, 3.63) is 24.8 Å². The van der Waals surface area contributed by atoms with Crippen LogP contribution in [0.4, 0.5) is 0 Å². The number of rotatable bonds is 4. The summed E-state index contributed by atoms with van der Waals surface area (Å²) < 4.78 is 9.73. The van der Waals surface area contributed by atoms with Gasteiger partial charge in [0.1, 0.15) is 0 Å². The zero-order valence-electron chi connectivity index (χ0n) is 14.5. The average molecular weight is 298 g/mol. The van der Waals surface area contributed by atoms with E-state index in [-0.39, 0.29) is 22.8 Å². The van der Waals surface area contributed by atoms with Crippen molar-refractivity contribution < 1.29 is 19.1 Å². The molecule has 0 saturated carbocycles. The molecule has 0 aliphatic heterocycles. The highest BCUT2D eigenvalue weighted by molar-refractivity contribution is 5.86. The molecule has 0 fully saturated rings. The van der Waals surface area contributed by atoms with Crippen molar-refractivity contribution in [2.24, 2.45) is 10.8 Å². The predicted molar refractivity (Wildman–Crippen MR) is 85.8 cm³/mol. The second-order valence-electron chi connectivity index (χ2n) is 7.29. The van der Waals surface area contributed by atoms with Crippen molar-refractivity contribution in [3.8, 4) is 0 Å². The fraction of sp³-hybridized carbons (Fsp3) is 0.647. The van der Waals surface area contributed by atoms with Crippen molar-refractivity contribution >= 4 is 11.9 Å². The summed E-state index contributed by atoms with van der Waals surface area (Å²) in [5.41, 5.74) is 0.526. The van der Waals surface area contributed by atoms with Gasteiger partial charge in [0.2, 0.25) is 0 Å². The lowest BCUT2D eigenvalue weighted by molar-refractivity contribution is -0.142. The highest BCUT2D eigenvalue weighted by Crippen LogP contribution is 2.13. The van der Waals surface area contributed by atoms with Crippen LogP contribution >= 0.6 is 0 Å². The van der Waals surface area contributed by atoms with Crippen LogP contribution in [0.1, 0.15) is 48.5 Å². The van der Waals surface area contributed by atoms with Crippen molar-refractivity contribution in [2.45, 2.75) is 48.5 Å². The van der Waals surface area contributed by atoms with Gasteiger partial charge in [-0.25, -0.2) is 9.59 Å². The lowest BCUT2D eigenvalue weighted by Crippen LogP contribution is -2.18. The fourth-order valence-corrected chi connectivity index (χ4v) is 0.752. The Hall–Kier alpha value is -1.58. The summed E-state index contributed by atoms with van der Waals surface area (Å²) in [5, 5.41) is 0. The molecule has 0 aliphatic carbocycles. The molecule has 0 unspecified atom stereocenters. The number of hydrogen-bond donors (Lipinski definition) is 0. The third kappa shape index (κ3) is 18.4. The van der Waals surface area contributed by atoms with Gasteiger partial charge in [0, 0.05) is 11.6 Å². The Morgan fingerprint density at radius 2 is 1.33 bits per heavy atom. The molecule has 122 valence electrons. The van der Waals surface area contributed by atoms with Gasteiger partial charge in [-0.15, -0.1) is 0 Å². The summed E-state index contributed by atoms with van der Waals surface area (Å²) in [7, 11) is 0. The number of esters is 2. The molecule has 4 heteroatoms. The van der Waals surface area contributed by atoms with E-state index >= 15 is 0 Å². The van der Waals surface area contributed by atoms with Crippen LogP contribution in [0.2, 0.25) is 0 Å². The van der Waals surface area contributed by atoms with E-state index in [1.807, 2.05) is 41.5 Å². The monoisotopic (exact) mass is 298 g/mol. The smallest absolute Gasteiger partial charge is 0.333 e. The van der Waals surface area contributed by atoms with Gasteiger partial charge in [-0.1, -0.05) is 54.7 Å². The average Bonchev–Trinajstić information content (AvgIpc) is 2.31. The molecule has 21 heavy (non-hydrogen) atoms. The molecule has 0 aromatic carbocycles. The van der Waals surface area contributed by atoms with E-state index in [1.165, 1.54) is 6.08 Å². The highest BCUT2D eigenvalue weighted by Gasteiger charge is 2.13. The van der Waals surface area contributed by atoms with E-state index in [0.717, 1.165) is 0 Å². The van der Waals surface area contributed by atoms with E-state index in [4.69, 9.17) is 9.47 Å². The molecule has 0 amide bonds. The van der Waals surface area contributed by atoms with Crippen LogP contribution in [0.25, 0.3) is 0 Å². The molecule has 4 nitrogen and oxygen atoms in total. The molecular formula is C17H30O4. The third-order valence-corrected chi connectivity index (χ3v) is 1.80. The third-order valence-electron chi connectivity index (χ3n) is 1.80. The van der Waals surface area contributed by atoms with Crippen molar-refractivity contribution in [2.75, 3.05) is 13.2 Å². The zero-order valence-corrected chi connectivity index (χ0v) is 14.5. The number of carbonyl (C=O) groups is 2. The summed E-state index contributed by atoms with van der Waals surface area (Å²) in [6.07, 6.45) is 1.17. The minimum atomic E-state index is -0.352. The van der Waals surface area contributed by atoms with E-state index in [1.54, 1.807) is 6.92 Å². The zero-order chi connectivity index (χ0) is 17.3. The summed E-state index contributed by atoms with van der Waals surface area (Å²) in [5.74, 6) is -0.658. The fourth-order valence-electron chi connectivity index (χ4n) is 0.752. The molecule has 0 rings (SSSR count).